The normalized spacial score (nSPS) is 19.3. The maximum atomic E-state index is 13.1. The lowest BCUT2D eigenvalue weighted by molar-refractivity contribution is 0.0282. The van der Waals surface area contributed by atoms with Crippen LogP contribution in [-0.4, -0.2) is 43.5 Å². The summed E-state index contributed by atoms with van der Waals surface area (Å²) in [4.78, 5) is 7.65. The molecule has 1 aliphatic rings. The van der Waals surface area contributed by atoms with Crippen LogP contribution < -0.4 is 0 Å². The monoisotopic (exact) mass is 393 g/mol. The standard InChI is InChI=1S/C16H16FN5O4S/c1-16(14(20-22-21-16)11-3-5-12(17)6-4-11)26-10-8-13-7-9-18-15(19-13)27(23,24)25-2/h3-7,9H,8,10H2,1-2H3. The van der Waals surface area contributed by atoms with E-state index in [-0.39, 0.29) is 12.4 Å². The van der Waals surface area contributed by atoms with Crippen molar-refractivity contribution in [1.29, 1.82) is 0 Å². The molecule has 1 aromatic carbocycles. The zero-order chi connectivity index (χ0) is 19.5. The Hall–Kier alpha value is -2.63. The van der Waals surface area contributed by atoms with Gasteiger partial charge in [-0.1, -0.05) is 0 Å². The summed E-state index contributed by atoms with van der Waals surface area (Å²) in [6.07, 6.45) is 1.63. The molecule has 0 saturated heterocycles. The van der Waals surface area contributed by atoms with Gasteiger partial charge in [0, 0.05) is 23.9 Å². The Morgan fingerprint density at radius 2 is 1.93 bits per heavy atom. The fraction of sp³-hybridized carbons (Fsp3) is 0.312. The number of benzene rings is 1. The summed E-state index contributed by atoms with van der Waals surface area (Å²) in [6.45, 7) is 1.85. The molecule has 11 heteroatoms. The van der Waals surface area contributed by atoms with Crippen LogP contribution in [0.5, 0.6) is 0 Å². The van der Waals surface area contributed by atoms with Gasteiger partial charge in [-0.2, -0.15) is 8.42 Å². The van der Waals surface area contributed by atoms with Gasteiger partial charge < -0.3 is 4.74 Å². The van der Waals surface area contributed by atoms with Crippen LogP contribution >= 0.6 is 0 Å². The fourth-order valence-corrected chi connectivity index (χ4v) is 2.96. The SMILES string of the molecule is COS(=O)(=O)c1nccc(CCOC2(C)N=NN=C2c2ccc(F)cc2)n1. The van der Waals surface area contributed by atoms with Gasteiger partial charge in [-0.15, -0.1) is 10.2 Å². The van der Waals surface area contributed by atoms with Gasteiger partial charge in [0.2, 0.25) is 5.72 Å². The fourth-order valence-electron chi connectivity index (χ4n) is 2.39. The molecular weight excluding hydrogens is 377 g/mol. The summed E-state index contributed by atoms with van der Waals surface area (Å²) in [7, 11) is -2.93. The Morgan fingerprint density at radius 1 is 1.19 bits per heavy atom. The molecule has 0 radical (unpaired) electrons. The molecule has 0 saturated carbocycles. The lowest BCUT2D eigenvalue weighted by atomic mass is 10.0. The lowest BCUT2D eigenvalue weighted by Gasteiger charge is -2.22. The first-order chi connectivity index (χ1) is 12.8. The predicted molar refractivity (Wildman–Crippen MR) is 92.1 cm³/mol. The Labute approximate surface area is 155 Å². The molecule has 0 amide bonds. The minimum atomic E-state index is -3.97. The zero-order valence-electron chi connectivity index (χ0n) is 14.5. The van der Waals surface area contributed by atoms with Gasteiger partial charge in [-0.05, 0) is 42.5 Å². The van der Waals surface area contributed by atoms with Crippen LogP contribution in [0, 0.1) is 5.82 Å². The van der Waals surface area contributed by atoms with Gasteiger partial charge in [0.25, 0.3) is 5.16 Å². The minimum absolute atomic E-state index is 0.166. The molecule has 1 aliphatic heterocycles. The number of nitrogens with zero attached hydrogens (tertiary/aromatic N) is 5. The summed E-state index contributed by atoms with van der Waals surface area (Å²) in [5.41, 5.74) is 0.415. The molecule has 0 fully saturated rings. The van der Waals surface area contributed by atoms with Crippen molar-refractivity contribution in [1.82, 2.24) is 9.97 Å². The molecule has 1 aromatic heterocycles. The van der Waals surface area contributed by atoms with Gasteiger partial charge in [0.05, 0.1) is 13.7 Å². The van der Waals surface area contributed by atoms with Crippen molar-refractivity contribution in [3.05, 3.63) is 53.6 Å². The van der Waals surface area contributed by atoms with Gasteiger partial charge in [0.15, 0.2) is 0 Å². The highest BCUT2D eigenvalue weighted by atomic mass is 32.2. The second kappa shape index (κ2) is 7.55. The van der Waals surface area contributed by atoms with Crippen LogP contribution in [-0.2, 0) is 25.5 Å². The molecule has 0 bridgehead atoms. The average Bonchev–Trinajstić information content (AvgIpc) is 3.04. The van der Waals surface area contributed by atoms with Crippen LogP contribution in [0.4, 0.5) is 4.39 Å². The summed E-state index contributed by atoms with van der Waals surface area (Å²) in [5, 5.41) is 11.2. The lowest BCUT2D eigenvalue weighted by Crippen LogP contribution is -2.35. The van der Waals surface area contributed by atoms with Crippen LogP contribution in [0.25, 0.3) is 0 Å². The van der Waals surface area contributed by atoms with Gasteiger partial charge >= 0.3 is 10.1 Å². The highest BCUT2D eigenvalue weighted by Crippen LogP contribution is 2.26. The third-order valence-electron chi connectivity index (χ3n) is 3.81. The van der Waals surface area contributed by atoms with Crippen LogP contribution in [0.2, 0.25) is 0 Å². The number of rotatable bonds is 7. The Morgan fingerprint density at radius 3 is 2.63 bits per heavy atom. The zero-order valence-corrected chi connectivity index (χ0v) is 15.4. The maximum Gasteiger partial charge on any atom is 0.332 e. The van der Waals surface area contributed by atoms with Gasteiger partial charge in [0.1, 0.15) is 11.5 Å². The van der Waals surface area contributed by atoms with Gasteiger partial charge in [-0.3, -0.25) is 4.18 Å². The van der Waals surface area contributed by atoms with Crippen molar-refractivity contribution in [3.8, 4) is 0 Å². The van der Waals surface area contributed by atoms with E-state index < -0.39 is 21.0 Å². The van der Waals surface area contributed by atoms with Crippen LogP contribution in [0.3, 0.4) is 0 Å². The highest BCUT2D eigenvalue weighted by Gasteiger charge is 2.36. The van der Waals surface area contributed by atoms with Crippen molar-refractivity contribution < 1.29 is 21.7 Å². The molecule has 142 valence electrons. The van der Waals surface area contributed by atoms with Crippen molar-refractivity contribution in [2.24, 2.45) is 15.4 Å². The van der Waals surface area contributed by atoms with Crippen molar-refractivity contribution in [3.63, 3.8) is 0 Å². The Kier molecular flexibility index (Phi) is 5.35. The molecule has 0 spiro atoms. The third kappa shape index (κ3) is 4.21. The molecule has 0 N–H and O–H groups in total. The second-order valence-electron chi connectivity index (χ2n) is 5.68. The van der Waals surface area contributed by atoms with Crippen molar-refractivity contribution in [2.45, 2.75) is 24.2 Å². The summed E-state index contributed by atoms with van der Waals surface area (Å²) >= 11 is 0. The van der Waals surface area contributed by atoms with E-state index in [9.17, 15) is 12.8 Å². The Bertz CT molecular complexity index is 994. The first-order valence-electron chi connectivity index (χ1n) is 7.87. The van der Waals surface area contributed by atoms with Gasteiger partial charge in [-0.25, -0.2) is 14.4 Å². The van der Waals surface area contributed by atoms with E-state index in [1.807, 2.05) is 0 Å². The first kappa shape index (κ1) is 19.1. The molecule has 1 atom stereocenters. The Balaban J connectivity index is 1.68. The quantitative estimate of drug-likeness (QED) is 0.525. The first-order valence-corrected chi connectivity index (χ1v) is 9.28. The molecular formula is C16H16FN5O4S. The van der Waals surface area contributed by atoms with E-state index in [0.717, 1.165) is 7.11 Å². The molecule has 3 rings (SSSR count). The highest BCUT2D eigenvalue weighted by molar-refractivity contribution is 7.86. The predicted octanol–water partition coefficient (Wildman–Crippen LogP) is 2.10. The number of aromatic nitrogens is 2. The van der Waals surface area contributed by atoms with E-state index in [0.29, 0.717) is 23.4 Å². The molecule has 0 aliphatic carbocycles. The third-order valence-corrected chi connectivity index (χ3v) is 4.90. The number of ether oxygens (including phenoxy) is 1. The average molecular weight is 393 g/mol. The van der Waals surface area contributed by atoms with Crippen LogP contribution in [0.1, 0.15) is 18.2 Å². The van der Waals surface area contributed by atoms with Crippen molar-refractivity contribution in [2.75, 3.05) is 13.7 Å². The van der Waals surface area contributed by atoms with E-state index in [1.54, 1.807) is 25.1 Å². The number of hydrogen-bond donors (Lipinski definition) is 0. The number of hydrogen-bond acceptors (Lipinski definition) is 9. The summed E-state index contributed by atoms with van der Waals surface area (Å²) < 4.78 is 46.7. The molecule has 2 aromatic rings. The van der Waals surface area contributed by atoms with E-state index >= 15 is 0 Å². The largest absolute Gasteiger partial charge is 0.347 e. The molecule has 2 heterocycles. The molecule has 1 unspecified atom stereocenters. The summed E-state index contributed by atoms with van der Waals surface area (Å²) in [5.74, 6) is -0.362. The minimum Gasteiger partial charge on any atom is -0.347 e. The van der Waals surface area contributed by atoms with E-state index in [4.69, 9.17) is 4.74 Å². The van der Waals surface area contributed by atoms with Crippen molar-refractivity contribution >= 4 is 15.8 Å². The molecule has 27 heavy (non-hydrogen) atoms. The second-order valence-corrected chi connectivity index (χ2v) is 7.28. The maximum absolute atomic E-state index is 13.1. The smallest absolute Gasteiger partial charge is 0.332 e. The van der Waals surface area contributed by atoms with Crippen LogP contribution in [0.15, 0.2) is 57.1 Å². The van der Waals surface area contributed by atoms with E-state index in [1.165, 1.54) is 18.3 Å². The van der Waals surface area contributed by atoms with E-state index in [2.05, 4.69) is 29.6 Å². The number of halogens is 1. The molecule has 9 nitrogen and oxygen atoms in total. The topological polar surface area (TPSA) is 115 Å². The summed E-state index contributed by atoms with van der Waals surface area (Å²) in [6, 6.07) is 7.34.